The average molecular weight is 2050 g/mol. The lowest BCUT2D eigenvalue weighted by Crippen LogP contribution is -2.82. The first-order valence-electron chi connectivity index (χ1n) is 45.4. The molecule has 5 aromatic heterocycles. The van der Waals surface area contributed by atoms with Crippen molar-refractivity contribution >= 4 is 141 Å². The first-order chi connectivity index (χ1) is 67.4. The van der Waals surface area contributed by atoms with E-state index in [4.69, 9.17) is 43.5 Å². The number of hydrogen-bond acceptors (Lipinski definition) is 39. The number of nitrogen functional groups attached to an aromatic ring is 1. The number of Topliss-reactive ketones (excluding diaryl/α,β-unsaturated/α-hetero) is 3. The lowest BCUT2D eigenvalue weighted by molar-refractivity contribution is -0.204. The van der Waals surface area contributed by atoms with Crippen LogP contribution >= 0.6 is 21.6 Å². The number of carbonyl (C=O) groups is 9. The Morgan fingerprint density at radius 3 is 2.04 bits per heavy atom. The molecule has 5 aliphatic heterocycles. The van der Waals surface area contributed by atoms with Crippen LogP contribution in [0.2, 0.25) is 0 Å². The van der Waals surface area contributed by atoms with Crippen molar-refractivity contribution in [2.75, 3.05) is 88.8 Å². The van der Waals surface area contributed by atoms with E-state index < -0.39 is 213 Å². The van der Waals surface area contributed by atoms with Crippen LogP contribution in [0.5, 0.6) is 11.6 Å². The van der Waals surface area contributed by atoms with Gasteiger partial charge in [-0.05, 0) is 106 Å². The molecular formula is C90H111N19O29S4. The maximum absolute atomic E-state index is 15.4. The molecule has 15 N–H and O–H groups in total. The Labute approximate surface area is 820 Å². The summed E-state index contributed by atoms with van der Waals surface area (Å²) in [5.74, 6) is -12.5. The van der Waals surface area contributed by atoms with Crippen LogP contribution in [0, 0.1) is 29.1 Å². The Hall–Kier alpha value is -12.5. The molecule has 2 bridgehead atoms. The number of piperidine rings is 1. The second-order valence-corrected chi connectivity index (χ2v) is 41.0. The summed E-state index contributed by atoms with van der Waals surface area (Å²) < 4.78 is 86.3. The van der Waals surface area contributed by atoms with Gasteiger partial charge < -0.3 is 66.4 Å². The van der Waals surface area contributed by atoms with Gasteiger partial charge in [0.25, 0.3) is 5.91 Å². The van der Waals surface area contributed by atoms with Gasteiger partial charge in [-0.25, -0.2) is 37.9 Å². The summed E-state index contributed by atoms with van der Waals surface area (Å²) in [6.45, 7) is 8.58. The molecule has 3 aromatic carbocycles. The normalized spacial score (nSPS) is 23.1. The Morgan fingerprint density at radius 1 is 0.754 bits per heavy atom. The topological polar surface area (TPSA) is 702 Å². The number of methoxy groups -OCH3 is 1. The van der Waals surface area contributed by atoms with Crippen molar-refractivity contribution in [2.45, 2.75) is 189 Å². The molecule has 1 aliphatic carbocycles. The molecule has 0 radical (unpaired) electrons. The minimum atomic E-state index is -4.88. The molecule has 142 heavy (non-hydrogen) atoms. The molecule has 14 rings (SSSR count). The number of fused-ring (bicyclic) bond motifs is 7. The van der Waals surface area contributed by atoms with Gasteiger partial charge in [0.15, 0.2) is 34.1 Å². The maximum Gasteiger partial charge on any atom is 0.426 e. The lowest BCUT2D eigenvalue weighted by atomic mass is 9.47. The number of hydrogen-bond donors (Lipinski definition) is 14. The van der Waals surface area contributed by atoms with Gasteiger partial charge in [0, 0.05) is 163 Å². The number of para-hydroxylation sites is 1. The average Bonchev–Trinajstić information content (AvgIpc) is 1.47. The number of aliphatic hydroxyl groups excluding tert-OH is 1. The largest absolute Gasteiger partial charge is 0.496 e. The highest BCUT2D eigenvalue weighted by Crippen LogP contribution is 2.68. The molecule has 3 fully saturated rings. The van der Waals surface area contributed by atoms with Crippen LogP contribution in [0.15, 0.2) is 91.4 Å². The molecule has 6 aliphatic rings. The number of aryl methyl sites for hydroxylation is 2. The number of amides is 4. The van der Waals surface area contributed by atoms with Crippen molar-refractivity contribution < 1.29 is 137 Å². The number of carboxylic acid groups (broad SMARTS) is 2. The number of nitrogens with zero attached hydrogens (tertiary/aromatic N) is 13. The van der Waals surface area contributed by atoms with Crippen molar-refractivity contribution in [3.63, 3.8) is 0 Å². The van der Waals surface area contributed by atoms with Crippen molar-refractivity contribution in [1.29, 1.82) is 0 Å². The second-order valence-electron chi connectivity index (χ2n) is 36.2. The standard InChI is InChI=1S/C88H111N19O25S4.2CO2/c1-7-85(121)42-51-41-84(4,72-59(22-26-104(44-51)48-85)58-12-9-10-13-62(58)93-72)61-39-60-65(40-69(61)129-6)103(5)79-87(60)24-27-105-25-11-23-86(8-2,78(87)105)80(118)88(79,122)81(119)99-100-83(120)130-32-33-133-134-47-54(77(116)117)36-68(110)64(38-57-46-107(102-98-57)29-31-132-136(126,127)128)94-74(112)49(3)34-67(109)63(37-56-45-106(101-97-56)28-30-131-135(123,124)125)92-70(111)21-19-53(76(114)115)35-66(108)52-17-14-50(15-18-52)16-20-55-43-90-73-71(91-55)75(113)96-82(89)95-73;2*2-1-3/h9-15,17-18,23,39-40,43,45-46,49,51,53-54,63-64,78-80,93,118,121-122H,7-8,16,19-22,24-38,41-42,44,47-48H2,1-6H3,(H,92,111)(H,94,112)(H,99,119)(H,100,120)(H,114,115)(H,116,117)(H,123,124,125)(H,126,127,128)(H3,89,90,95,96,113);;/t49-,51+,53-,54+,63+,64+,78+,79-,80-,84-,85+,86-,87-,88+;;/m1../s1. The van der Waals surface area contributed by atoms with Crippen molar-refractivity contribution in [3.8, 4) is 11.6 Å². The fraction of sp³-hybridized carbons (Fsp3) is 0.522. The fourth-order valence-electron chi connectivity index (χ4n) is 20.9. The Morgan fingerprint density at radius 2 is 1.40 bits per heavy atom. The monoisotopic (exact) mass is 2050 g/mol. The molecule has 48 nitrogen and oxygen atoms in total. The first kappa shape index (κ1) is 108. The van der Waals surface area contributed by atoms with E-state index in [0.29, 0.717) is 81.7 Å². The lowest BCUT2D eigenvalue weighted by Gasteiger charge is -2.63. The van der Waals surface area contributed by atoms with Crippen LogP contribution in [0.4, 0.5) is 16.4 Å². The van der Waals surface area contributed by atoms with E-state index in [1.165, 1.54) is 43.2 Å². The SMILES string of the molecule is CC[C@]1(O)C[C@H]2CN(CCc3c([nH]c4ccccc34)[C@@](C)(c3cc4c(cc3OC)N(C)[C@H]3[C@@](O)(C(=O)NNC(=O)OCCSSC[C@H](CC(=O)[C@H](Cc5cn(CCOS(=O)(=O)O)nn5)NC(=O)[C@H](C)CC(=O)[C@H](Cc5cn(CCOS(=O)(=O)O)nn5)NC(=O)CC[C@H](CC(=O)c5ccc(CCc6cnc7nc(N)nc(O)c7n6)cc5)C(=O)O)C(=O)O)[C@H](O)[C@]5(CC)C=CCN6CC[C@]43[C@@H]65)C2)C1.O=C=O.O=C=O. The van der Waals surface area contributed by atoms with Gasteiger partial charge in [-0.1, -0.05) is 107 Å². The molecule has 764 valence electrons. The number of aromatic nitrogens is 11. The highest BCUT2D eigenvalue weighted by Gasteiger charge is 2.79. The number of ketones is 3. The van der Waals surface area contributed by atoms with E-state index in [9.17, 15) is 85.8 Å². The van der Waals surface area contributed by atoms with Crippen molar-refractivity contribution in [1.82, 2.24) is 86.2 Å². The number of rotatable bonds is 43. The molecule has 1 spiro atoms. The molecule has 4 amide bonds. The molecule has 52 heteroatoms. The summed E-state index contributed by atoms with van der Waals surface area (Å²) in [6, 6.07) is 14.1. The number of carbonyl (C=O) groups excluding carboxylic acids is 11. The molecular weight excluding hydrogens is 1940 g/mol. The number of anilines is 2. The van der Waals surface area contributed by atoms with Gasteiger partial charge in [-0.15, -0.1) is 10.2 Å². The van der Waals surface area contributed by atoms with Crippen LogP contribution < -0.4 is 36.9 Å². The number of carboxylic acids is 2. The highest BCUT2D eigenvalue weighted by atomic mass is 33.1. The third-order valence-corrected chi connectivity index (χ3v) is 30.6. The van der Waals surface area contributed by atoms with Crippen LogP contribution in [0.25, 0.3) is 22.1 Å². The van der Waals surface area contributed by atoms with E-state index >= 15 is 4.79 Å². The molecule has 1 saturated carbocycles. The van der Waals surface area contributed by atoms with Gasteiger partial charge in [0.05, 0.1) is 92.3 Å². The highest BCUT2D eigenvalue weighted by molar-refractivity contribution is 8.76. The number of aromatic hydroxyl groups is 1. The quantitative estimate of drug-likeness (QED) is 0.00650. The number of benzene rings is 3. The summed E-state index contributed by atoms with van der Waals surface area (Å²) in [6.07, 6.45) is 5.76. The predicted molar refractivity (Wildman–Crippen MR) is 500 cm³/mol. The summed E-state index contributed by atoms with van der Waals surface area (Å²) >= 11 is 0. The van der Waals surface area contributed by atoms with E-state index in [1.54, 1.807) is 26.3 Å². The number of H-pyrrole nitrogens is 1. The summed E-state index contributed by atoms with van der Waals surface area (Å²) in [4.78, 5) is 185. The Balaban J connectivity index is 0.00000293. The smallest absolute Gasteiger partial charge is 0.426 e. The number of aliphatic carboxylic acids is 2. The van der Waals surface area contributed by atoms with Gasteiger partial charge in [0.2, 0.25) is 23.6 Å². The van der Waals surface area contributed by atoms with Gasteiger partial charge in [-0.2, -0.15) is 46.0 Å². The zero-order valence-electron chi connectivity index (χ0n) is 78.1. The molecule has 10 heterocycles. The number of nitrogens with two attached hydrogens (primary N) is 1. The van der Waals surface area contributed by atoms with Crippen LogP contribution in [-0.4, -0.2) is 306 Å². The van der Waals surface area contributed by atoms with Gasteiger partial charge >= 0.3 is 51.1 Å². The summed E-state index contributed by atoms with van der Waals surface area (Å²) in [5.41, 5.74) is 11.0. The van der Waals surface area contributed by atoms with E-state index in [2.05, 4.69) is 110 Å². The Bertz CT molecular complexity index is 6350. The first-order valence-corrected chi connectivity index (χ1v) is 50.6. The number of ether oxygens (including phenoxy) is 2. The third-order valence-electron chi connectivity index (χ3n) is 27.2. The van der Waals surface area contributed by atoms with E-state index in [0.717, 1.165) is 83.7 Å². The van der Waals surface area contributed by atoms with Crippen LogP contribution in [0.3, 0.4) is 0 Å². The Kier molecular flexibility index (Phi) is 35.3. The molecule has 1 unspecified atom stereocenters. The van der Waals surface area contributed by atoms with Gasteiger partial charge in [-0.3, -0.25) is 62.7 Å². The predicted octanol–water partition coefficient (Wildman–Crippen LogP) is 2.16. The van der Waals surface area contributed by atoms with Gasteiger partial charge in [0.1, 0.15) is 18.5 Å². The molecule has 15 atom stereocenters. The number of hydrazine groups is 1. The number of aromatic amines is 1. The van der Waals surface area contributed by atoms with Crippen molar-refractivity contribution in [2.24, 2.45) is 29.1 Å². The van der Waals surface area contributed by atoms with E-state index in [-0.39, 0.29) is 83.5 Å². The molecule has 8 aromatic rings. The fourth-order valence-corrected chi connectivity index (χ4v) is 23.6. The van der Waals surface area contributed by atoms with E-state index in [1.807, 2.05) is 49.1 Å². The van der Waals surface area contributed by atoms with Crippen molar-refractivity contribution in [3.05, 3.63) is 142 Å². The summed E-state index contributed by atoms with van der Waals surface area (Å²) in [5, 5.41) is 92.1. The maximum atomic E-state index is 15.4. The second kappa shape index (κ2) is 46.2. The summed E-state index contributed by atoms with van der Waals surface area (Å²) in [7, 11) is -4.28. The zero-order valence-corrected chi connectivity index (χ0v) is 81.4. The number of nitrogens with one attached hydrogen (secondary N) is 5. The number of likely N-dealkylation sites (N-methyl/N-ethyl adjacent to an activating group) is 1. The minimum absolute atomic E-state index is 0.000783. The van der Waals surface area contributed by atoms with Crippen LogP contribution in [-0.2, 0) is 143 Å². The number of aliphatic hydroxyl groups is 3. The van der Waals surface area contributed by atoms with Crippen LogP contribution in [0.1, 0.15) is 147 Å². The zero-order chi connectivity index (χ0) is 103. The minimum Gasteiger partial charge on any atom is -0.496 e. The molecule has 2 saturated heterocycles. The third kappa shape index (κ3) is 24.8.